The van der Waals surface area contributed by atoms with Gasteiger partial charge in [0.1, 0.15) is 0 Å². The standard InChI is InChI=1S/C21H17ClN4O2.C8H13NO/c1-3-12-11-23-9-7-13(12)18-19(17-15(25-18)8-10-24-21(17)27)26-16-6-4-5-14(22)20(16)28-2;1-3-8(10)9-6-4-5-7(9)2/h1,4-7,9,11,25-26H,8,10H2,2H3,(H,24,27);3,7H,1,4-6H2,2H3/t;7-/m.0/s1. The van der Waals surface area contributed by atoms with Crippen molar-refractivity contribution in [3.63, 3.8) is 0 Å². The highest BCUT2D eigenvalue weighted by Gasteiger charge is 2.28. The molecule has 1 fully saturated rings. The van der Waals surface area contributed by atoms with E-state index in [1.807, 2.05) is 23.1 Å². The minimum absolute atomic E-state index is 0.0741. The molecule has 1 aromatic carbocycles. The average molecular weight is 532 g/mol. The maximum absolute atomic E-state index is 12.6. The highest BCUT2D eigenvalue weighted by atomic mass is 35.5. The highest BCUT2D eigenvalue weighted by Crippen LogP contribution is 2.41. The molecule has 196 valence electrons. The van der Waals surface area contributed by atoms with Gasteiger partial charge in [0.05, 0.1) is 40.3 Å². The minimum Gasteiger partial charge on any atom is -0.493 e. The van der Waals surface area contributed by atoms with Crippen molar-refractivity contribution in [3.8, 4) is 29.4 Å². The molecule has 0 saturated carbocycles. The Balaban J connectivity index is 0.000000283. The molecule has 0 radical (unpaired) electrons. The van der Waals surface area contributed by atoms with E-state index >= 15 is 0 Å². The molecular weight excluding hydrogens is 502 g/mol. The van der Waals surface area contributed by atoms with Crippen molar-refractivity contribution < 1.29 is 14.3 Å². The topological polar surface area (TPSA) is 99.3 Å². The number of H-pyrrole nitrogens is 1. The molecule has 38 heavy (non-hydrogen) atoms. The quantitative estimate of drug-likeness (QED) is 0.320. The van der Waals surface area contributed by atoms with Crippen LogP contribution in [0.5, 0.6) is 5.75 Å². The van der Waals surface area contributed by atoms with Crippen LogP contribution in [0.3, 0.4) is 0 Å². The molecule has 3 N–H and O–H groups in total. The van der Waals surface area contributed by atoms with E-state index in [1.54, 1.807) is 25.6 Å². The second-order valence-electron chi connectivity index (χ2n) is 8.97. The number of carbonyl (C=O) groups is 2. The fourth-order valence-electron chi connectivity index (χ4n) is 4.76. The first-order valence-electron chi connectivity index (χ1n) is 12.4. The van der Waals surface area contributed by atoms with Crippen LogP contribution in [0.2, 0.25) is 5.02 Å². The van der Waals surface area contributed by atoms with Crippen LogP contribution in [0, 0.1) is 12.3 Å². The molecule has 0 spiro atoms. The lowest BCUT2D eigenvalue weighted by Gasteiger charge is -2.18. The van der Waals surface area contributed by atoms with Crippen LogP contribution in [0.15, 0.2) is 49.3 Å². The first-order valence-corrected chi connectivity index (χ1v) is 12.7. The molecule has 2 aliphatic rings. The summed E-state index contributed by atoms with van der Waals surface area (Å²) in [5, 5.41) is 6.69. The molecule has 2 aliphatic heterocycles. The average Bonchev–Trinajstić information content (AvgIpc) is 3.53. The van der Waals surface area contributed by atoms with Crippen molar-refractivity contribution in [2.24, 2.45) is 0 Å². The maximum atomic E-state index is 12.6. The molecule has 8 nitrogen and oxygen atoms in total. The second-order valence-corrected chi connectivity index (χ2v) is 9.38. The number of fused-ring (bicyclic) bond motifs is 1. The summed E-state index contributed by atoms with van der Waals surface area (Å²) < 4.78 is 5.44. The smallest absolute Gasteiger partial charge is 0.255 e. The maximum Gasteiger partial charge on any atom is 0.255 e. The van der Waals surface area contributed by atoms with Gasteiger partial charge in [-0.3, -0.25) is 14.6 Å². The minimum atomic E-state index is -0.149. The van der Waals surface area contributed by atoms with Gasteiger partial charge in [0.15, 0.2) is 5.75 Å². The summed E-state index contributed by atoms with van der Waals surface area (Å²) in [5.74, 6) is 3.07. The van der Waals surface area contributed by atoms with E-state index in [4.69, 9.17) is 22.8 Å². The fourth-order valence-corrected chi connectivity index (χ4v) is 5.01. The summed E-state index contributed by atoms with van der Waals surface area (Å²) in [7, 11) is 1.55. The molecule has 4 heterocycles. The van der Waals surface area contributed by atoms with E-state index in [9.17, 15) is 9.59 Å². The molecule has 2 amide bonds. The number of halogens is 1. The van der Waals surface area contributed by atoms with E-state index in [0.29, 0.717) is 52.3 Å². The Morgan fingerprint density at radius 1 is 1.39 bits per heavy atom. The lowest BCUT2D eigenvalue weighted by atomic mass is 10.0. The van der Waals surface area contributed by atoms with Gasteiger partial charge in [0, 0.05) is 49.2 Å². The number of nitrogens with zero attached hydrogens (tertiary/aromatic N) is 2. The number of pyridine rings is 1. The van der Waals surface area contributed by atoms with Crippen LogP contribution < -0.4 is 15.4 Å². The van der Waals surface area contributed by atoms with Crippen LogP contribution >= 0.6 is 11.6 Å². The van der Waals surface area contributed by atoms with E-state index < -0.39 is 0 Å². The van der Waals surface area contributed by atoms with Gasteiger partial charge in [-0.15, -0.1) is 6.42 Å². The molecule has 0 aliphatic carbocycles. The molecule has 1 atom stereocenters. The summed E-state index contributed by atoms with van der Waals surface area (Å²) in [5.41, 5.74) is 4.80. The van der Waals surface area contributed by atoms with Crippen LogP contribution in [-0.4, -0.2) is 52.9 Å². The molecule has 1 saturated heterocycles. The third-order valence-electron chi connectivity index (χ3n) is 6.65. The number of aromatic amines is 1. The van der Waals surface area contributed by atoms with Gasteiger partial charge in [0.2, 0.25) is 5.91 Å². The Morgan fingerprint density at radius 3 is 2.89 bits per heavy atom. The lowest BCUT2D eigenvalue weighted by Crippen LogP contribution is -2.31. The van der Waals surface area contributed by atoms with Crippen LogP contribution in [-0.2, 0) is 11.2 Å². The summed E-state index contributed by atoms with van der Waals surface area (Å²) in [4.78, 5) is 33.0. The number of ether oxygens (including phenoxy) is 1. The van der Waals surface area contributed by atoms with E-state index in [1.165, 1.54) is 6.08 Å². The predicted octanol–water partition coefficient (Wildman–Crippen LogP) is 4.93. The van der Waals surface area contributed by atoms with Crippen LogP contribution in [0.25, 0.3) is 11.3 Å². The molecule has 3 aromatic rings. The molecule has 9 heteroatoms. The number of benzene rings is 1. The van der Waals surface area contributed by atoms with E-state index in [2.05, 4.69) is 40.0 Å². The Labute approximate surface area is 227 Å². The third-order valence-corrected chi connectivity index (χ3v) is 6.95. The lowest BCUT2D eigenvalue weighted by molar-refractivity contribution is -0.126. The van der Waals surface area contributed by atoms with Gasteiger partial charge < -0.3 is 25.3 Å². The van der Waals surface area contributed by atoms with Gasteiger partial charge in [-0.25, -0.2) is 0 Å². The number of para-hydroxylation sites is 1. The van der Waals surface area contributed by atoms with Crippen LogP contribution in [0.4, 0.5) is 11.4 Å². The first-order chi connectivity index (χ1) is 18.4. The van der Waals surface area contributed by atoms with Crippen molar-refractivity contribution >= 4 is 34.8 Å². The second kappa shape index (κ2) is 11.9. The number of anilines is 2. The van der Waals surface area contributed by atoms with Crippen molar-refractivity contribution in [3.05, 3.63) is 71.2 Å². The SMILES string of the molecule is C#Cc1cnccc1-c1[nH]c2c(c1Nc1cccc(Cl)c1OC)C(=O)NCC2.C=CC(=O)N1CCC[C@@H]1C. The van der Waals surface area contributed by atoms with Gasteiger partial charge in [0.25, 0.3) is 5.91 Å². The fraction of sp³-hybridized carbons (Fsp3) is 0.276. The van der Waals surface area contributed by atoms with Gasteiger partial charge in [-0.2, -0.15) is 0 Å². The zero-order valence-corrected chi connectivity index (χ0v) is 22.2. The number of likely N-dealkylation sites (tertiary alicyclic amines) is 1. The largest absolute Gasteiger partial charge is 0.493 e. The normalized spacial score (nSPS) is 15.9. The number of rotatable bonds is 5. The van der Waals surface area contributed by atoms with Crippen molar-refractivity contribution in [1.82, 2.24) is 20.2 Å². The summed E-state index contributed by atoms with van der Waals surface area (Å²) in [6, 6.07) is 7.63. The number of methoxy groups -OCH3 is 1. The number of carbonyl (C=O) groups excluding carboxylic acids is 2. The Bertz CT molecular complexity index is 1410. The van der Waals surface area contributed by atoms with Crippen LogP contribution in [0.1, 0.15) is 41.4 Å². The van der Waals surface area contributed by atoms with E-state index in [-0.39, 0.29) is 11.8 Å². The third kappa shape index (κ3) is 5.38. The molecule has 5 rings (SSSR count). The molecule has 0 unspecified atom stereocenters. The van der Waals surface area contributed by atoms with Crippen molar-refractivity contribution in [1.29, 1.82) is 0 Å². The number of aromatic nitrogens is 2. The van der Waals surface area contributed by atoms with Crippen molar-refractivity contribution in [2.75, 3.05) is 25.5 Å². The molecule has 0 bridgehead atoms. The zero-order chi connectivity index (χ0) is 27.2. The molecular formula is C29H30ClN5O3. The number of amides is 2. The summed E-state index contributed by atoms with van der Waals surface area (Å²) >= 11 is 6.26. The zero-order valence-electron chi connectivity index (χ0n) is 21.4. The highest BCUT2D eigenvalue weighted by molar-refractivity contribution is 6.32. The number of hydrogen-bond acceptors (Lipinski definition) is 5. The summed E-state index contributed by atoms with van der Waals surface area (Å²) in [6.45, 7) is 7.01. The Hall–Kier alpha value is -4.22. The first kappa shape index (κ1) is 26.8. The van der Waals surface area contributed by atoms with Crippen molar-refractivity contribution in [2.45, 2.75) is 32.2 Å². The number of hydrogen-bond donors (Lipinski definition) is 3. The number of nitrogens with one attached hydrogen (secondary N) is 3. The van der Waals surface area contributed by atoms with Gasteiger partial charge >= 0.3 is 0 Å². The summed E-state index contributed by atoms with van der Waals surface area (Å²) in [6.07, 6.45) is 13.3. The van der Waals surface area contributed by atoms with Gasteiger partial charge in [-0.1, -0.05) is 30.2 Å². The Morgan fingerprint density at radius 2 is 2.21 bits per heavy atom. The molecule has 2 aromatic heterocycles. The Kier molecular flexibility index (Phi) is 8.39. The van der Waals surface area contributed by atoms with E-state index in [0.717, 1.165) is 36.3 Å². The van der Waals surface area contributed by atoms with Gasteiger partial charge in [-0.05, 0) is 44.0 Å². The number of terminal acetylenes is 1. The predicted molar refractivity (Wildman–Crippen MR) is 150 cm³/mol. The monoisotopic (exact) mass is 531 g/mol.